The standard InChI is InChI=1S/C13H9NO/c15-14-11-6-5-10-7-9-3-1-2-4-12(9)13(10)8-11/h1-6,8H,7H2. The van der Waals surface area contributed by atoms with Crippen LogP contribution in [0.25, 0.3) is 11.1 Å². The summed E-state index contributed by atoms with van der Waals surface area (Å²) in [6.07, 6.45) is 0.963. The summed E-state index contributed by atoms with van der Waals surface area (Å²) in [4.78, 5) is 10.5. The SMILES string of the molecule is O=Nc1ccc2c(c1)-c1ccccc1C2. The zero-order valence-corrected chi connectivity index (χ0v) is 8.10. The Balaban J connectivity index is 2.26. The third-order valence-electron chi connectivity index (χ3n) is 2.89. The molecule has 0 saturated carbocycles. The molecule has 0 aromatic heterocycles. The van der Waals surface area contributed by atoms with E-state index < -0.39 is 0 Å². The third-order valence-corrected chi connectivity index (χ3v) is 2.89. The van der Waals surface area contributed by atoms with Crippen molar-refractivity contribution in [3.05, 3.63) is 58.5 Å². The zero-order valence-electron chi connectivity index (χ0n) is 8.10. The lowest BCUT2D eigenvalue weighted by Crippen LogP contribution is -1.78. The van der Waals surface area contributed by atoms with Crippen LogP contribution in [0, 0.1) is 4.91 Å². The zero-order chi connectivity index (χ0) is 10.3. The molecule has 0 spiro atoms. The highest BCUT2D eigenvalue weighted by Crippen LogP contribution is 2.38. The van der Waals surface area contributed by atoms with Crippen LogP contribution in [0.4, 0.5) is 5.69 Å². The lowest BCUT2D eigenvalue weighted by molar-refractivity contribution is 1.26. The average molecular weight is 195 g/mol. The predicted molar refractivity (Wildman–Crippen MR) is 60.1 cm³/mol. The molecule has 72 valence electrons. The monoisotopic (exact) mass is 195 g/mol. The summed E-state index contributed by atoms with van der Waals surface area (Å²) in [7, 11) is 0. The van der Waals surface area contributed by atoms with E-state index in [0.717, 1.165) is 12.0 Å². The molecule has 2 aromatic carbocycles. The fraction of sp³-hybridized carbons (Fsp3) is 0.0769. The predicted octanol–water partition coefficient (Wildman–Crippen LogP) is 3.66. The highest BCUT2D eigenvalue weighted by atomic mass is 16.3. The van der Waals surface area contributed by atoms with Crippen molar-refractivity contribution in [3.63, 3.8) is 0 Å². The molecule has 0 radical (unpaired) electrons. The second-order valence-corrected chi connectivity index (χ2v) is 3.77. The van der Waals surface area contributed by atoms with Crippen molar-refractivity contribution in [2.45, 2.75) is 6.42 Å². The Morgan fingerprint density at radius 3 is 2.60 bits per heavy atom. The second kappa shape index (κ2) is 3.02. The summed E-state index contributed by atoms with van der Waals surface area (Å²) in [6, 6.07) is 13.9. The minimum Gasteiger partial charge on any atom is -0.145 e. The first kappa shape index (κ1) is 8.36. The van der Waals surface area contributed by atoms with Crippen molar-refractivity contribution in [3.8, 4) is 11.1 Å². The molecule has 2 aromatic rings. The average Bonchev–Trinajstić information content (AvgIpc) is 2.66. The van der Waals surface area contributed by atoms with Crippen LogP contribution in [-0.2, 0) is 6.42 Å². The van der Waals surface area contributed by atoms with Gasteiger partial charge in [-0.15, -0.1) is 4.91 Å². The first-order valence-electron chi connectivity index (χ1n) is 4.93. The summed E-state index contributed by atoms with van der Waals surface area (Å²) in [5, 5.41) is 2.97. The van der Waals surface area contributed by atoms with Gasteiger partial charge >= 0.3 is 0 Å². The molecule has 0 N–H and O–H groups in total. The van der Waals surface area contributed by atoms with Crippen LogP contribution in [0.1, 0.15) is 11.1 Å². The molecule has 0 saturated heterocycles. The molecule has 0 heterocycles. The fourth-order valence-corrected chi connectivity index (χ4v) is 2.17. The van der Waals surface area contributed by atoms with E-state index in [-0.39, 0.29) is 0 Å². The van der Waals surface area contributed by atoms with Crippen molar-refractivity contribution in [1.82, 2.24) is 0 Å². The van der Waals surface area contributed by atoms with Gasteiger partial charge in [0.25, 0.3) is 0 Å². The van der Waals surface area contributed by atoms with Gasteiger partial charge in [0, 0.05) is 0 Å². The quantitative estimate of drug-likeness (QED) is 0.545. The summed E-state index contributed by atoms with van der Waals surface area (Å²) >= 11 is 0. The molecule has 0 bridgehead atoms. The van der Waals surface area contributed by atoms with E-state index in [0.29, 0.717) is 5.69 Å². The number of hydrogen-bond acceptors (Lipinski definition) is 2. The molecular weight excluding hydrogens is 186 g/mol. The topological polar surface area (TPSA) is 29.4 Å². The van der Waals surface area contributed by atoms with Crippen LogP contribution in [0.3, 0.4) is 0 Å². The Bertz CT molecular complexity index is 546. The van der Waals surface area contributed by atoms with Crippen LogP contribution in [0.15, 0.2) is 47.6 Å². The number of hydrogen-bond donors (Lipinski definition) is 0. The molecule has 1 aliphatic carbocycles. The smallest absolute Gasteiger partial charge is 0.108 e. The number of benzene rings is 2. The molecule has 3 rings (SSSR count). The van der Waals surface area contributed by atoms with Crippen molar-refractivity contribution in [1.29, 1.82) is 0 Å². The number of nitrogens with zero attached hydrogens (tertiary/aromatic N) is 1. The van der Waals surface area contributed by atoms with Crippen LogP contribution in [0.2, 0.25) is 0 Å². The van der Waals surface area contributed by atoms with Crippen LogP contribution >= 0.6 is 0 Å². The van der Waals surface area contributed by atoms with Gasteiger partial charge < -0.3 is 0 Å². The Labute approximate surface area is 87.5 Å². The molecule has 15 heavy (non-hydrogen) atoms. The Morgan fingerprint density at radius 2 is 1.73 bits per heavy atom. The van der Waals surface area contributed by atoms with Crippen LogP contribution < -0.4 is 0 Å². The van der Waals surface area contributed by atoms with Crippen molar-refractivity contribution in [2.24, 2.45) is 5.18 Å². The first-order chi connectivity index (χ1) is 7.38. The van der Waals surface area contributed by atoms with Crippen LogP contribution in [-0.4, -0.2) is 0 Å². The number of fused-ring (bicyclic) bond motifs is 3. The van der Waals surface area contributed by atoms with E-state index in [2.05, 4.69) is 17.3 Å². The van der Waals surface area contributed by atoms with Gasteiger partial charge in [0.15, 0.2) is 0 Å². The highest BCUT2D eigenvalue weighted by Gasteiger charge is 2.17. The number of nitroso groups, excluding NO2 is 1. The molecule has 2 nitrogen and oxygen atoms in total. The molecule has 0 atom stereocenters. The fourth-order valence-electron chi connectivity index (χ4n) is 2.17. The molecule has 0 unspecified atom stereocenters. The Morgan fingerprint density at radius 1 is 0.933 bits per heavy atom. The van der Waals surface area contributed by atoms with Gasteiger partial charge in [-0.25, -0.2) is 0 Å². The van der Waals surface area contributed by atoms with Crippen molar-refractivity contribution >= 4 is 5.69 Å². The van der Waals surface area contributed by atoms with Gasteiger partial charge in [-0.05, 0) is 46.0 Å². The maximum Gasteiger partial charge on any atom is 0.108 e. The maximum absolute atomic E-state index is 10.5. The largest absolute Gasteiger partial charge is 0.145 e. The summed E-state index contributed by atoms with van der Waals surface area (Å²) in [5.41, 5.74) is 5.50. The van der Waals surface area contributed by atoms with Gasteiger partial charge in [0.05, 0.1) is 0 Å². The second-order valence-electron chi connectivity index (χ2n) is 3.77. The van der Waals surface area contributed by atoms with Gasteiger partial charge in [-0.3, -0.25) is 0 Å². The Kier molecular flexibility index (Phi) is 1.68. The molecule has 0 aliphatic heterocycles. The molecule has 0 fully saturated rings. The highest BCUT2D eigenvalue weighted by molar-refractivity contribution is 5.78. The lowest BCUT2D eigenvalue weighted by atomic mass is 10.1. The molecular formula is C13H9NO. The van der Waals surface area contributed by atoms with Gasteiger partial charge in [0.1, 0.15) is 5.69 Å². The number of rotatable bonds is 1. The van der Waals surface area contributed by atoms with Crippen LogP contribution in [0.5, 0.6) is 0 Å². The lowest BCUT2D eigenvalue weighted by Gasteiger charge is -1.99. The van der Waals surface area contributed by atoms with Gasteiger partial charge in [-0.2, -0.15) is 0 Å². The summed E-state index contributed by atoms with van der Waals surface area (Å²) in [5.74, 6) is 0. The maximum atomic E-state index is 10.5. The molecule has 1 aliphatic rings. The van der Waals surface area contributed by atoms with Gasteiger partial charge in [-0.1, -0.05) is 30.3 Å². The Hall–Kier alpha value is -1.96. The van der Waals surface area contributed by atoms with Crippen molar-refractivity contribution in [2.75, 3.05) is 0 Å². The van der Waals surface area contributed by atoms with E-state index in [1.807, 2.05) is 24.3 Å². The summed E-state index contributed by atoms with van der Waals surface area (Å²) < 4.78 is 0. The minimum atomic E-state index is 0.505. The normalized spacial score (nSPS) is 12.0. The van der Waals surface area contributed by atoms with E-state index in [1.165, 1.54) is 16.7 Å². The van der Waals surface area contributed by atoms with E-state index in [1.54, 1.807) is 6.07 Å². The molecule has 2 heteroatoms. The first-order valence-corrected chi connectivity index (χ1v) is 4.93. The summed E-state index contributed by atoms with van der Waals surface area (Å²) in [6.45, 7) is 0. The van der Waals surface area contributed by atoms with E-state index >= 15 is 0 Å². The van der Waals surface area contributed by atoms with Crippen molar-refractivity contribution < 1.29 is 0 Å². The third kappa shape index (κ3) is 1.18. The van der Waals surface area contributed by atoms with E-state index in [9.17, 15) is 4.91 Å². The minimum absolute atomic E-state index is 0.505. The molecule has 0 amide bonds. The van der Waals surface area contributed by atoms with E-state index in [4.69, 9.17) is 0 Å². The van der Waals surface area contributed by atoms with Gasteiger partial charge in [0.2, 0.25) is 0 Å².